The van der Waals surface area contributed by atoms with Gasteiger partial charge in [0.05, 0.1) is 6.04 Å². The highest BCUT2D eigenvalue weighted by molar-refractivity contribution is 5.82. The molecule has 1 aromatic rings. The maximum Gasteiger partial charge on any atom is 0.226 e. The van der Waals surface area contributed by atoms with Crippen LogP contribution in [0.15, 0.2) is 30.3 Å². The summed E-state index contributed by atoms with van der Waals surface area (Å²) in [6.07, 6.45) is 0.341. The quantitative estimate of drug-likeness (QED) is 0.746. The number of benzene rings is 1. The Morgan fingerprint density at radius 1 is 1.25 bits per heavy atom. The van der Waals surface area contributed by atoms with E-state index in [0.717, 1.165) is 5.56 Å². The second-order valence-corrected chi connectivity index (χ2v) is 4.70. The van der Waals surface area contributed by atoms with Crippen LogP contribution in [0.4, 0.5) is 4.39 Å². The Labute approximate surface area is 94.1 Å². The first-order valence-corrected chi connectivity index (χ1v) is 5.74. The van der Waals surface area contributed by atoms with Crippen LogP contribution in [-0.4, -0.2) is 23.0 Å². The van der Waals surface area contributed by atoms with Crippen LogP contribution < -0.4 is 0 Å². The minimum Gasteiger partial charge on any atom is -0.332 e. The van der Waals surface area contributed by atoms with Crippen molar-refractivity contribution in [1.29, 1.82) is 0 Å². The van der Waals surface area contributed by atoms with Crippen molar-refractivity contribution < 1.29 is 9.18 Å². The Bertz CT molecular complexity index is 406. The average molecular weight is 219 g/mol. The number of halogens is 1. The zero-order valence-electron chi connectivity index (χ0n) is 8.97. The summed E-state index contributed by atoms with van der Waals surface area (Å²) >= 11 is 0. The highest BCUT2D eigenvalue weighted by Gasteiger charge is 2.50. The van der Waals surface area contributed by atoms with Gasteiger partial charge in [0, 0.05) is 12.5 Å². The Morgan fingerprint density at radius 2 is 2.00 bits per heavy atom. The monoisotopic (exact) mass is 219 g/mol. The first-order valence-electron chi connectivity index (χ1n) is 5.74. The molecular formula is C13H14FNO. The maximum absolute atomic E-state index is 13.6. The number of amides is 1. The average Bonchev–Trinajstić information content (AvgIpc) is 2.80. The predicted molar refractivity (Wildman–Crippen MR) is 58.4 cm³/mol. The number of rotatable bonds is 2. The number of nitrogens with zero attached hydrogens (tertiary/aromatic N) is 1. The van der Waals surface area contributed by atoms with Crippen molar-refractivity contribution in [3.05, 3.63) is 35.9 Å². The van der Waals surface area contributed by atoms with Crippen molar-refractivity contribution in [1.82, 2.24) is 4.90 Å². The first-order chi connectivity index (χ1) is 7.75. The molecule has 16 heavy (non-hydrogen) atoms. The number of carbonyl (C=O) groups is 1. The van der Waals surface area contributed by atoms with Crippen molar-refractivity contribution in [2.45, 2.75) is 31.6 Å². The van der Waals surface area contributed by atoms with E-state index in [1.165, 1.54) is 0 Å². The van der Waals surface area contributed by atoms with E-state index in [-0.39, 0.29) is 17.9 Å². The van der Waals surface area contributed by atoms with Gasteiger partial charge in [-0.1, -0.05) is 30.3 Å². The van der Waals surface area contributed by atoms with Gasteiger partial charge in [-0.2, -0.15) is 0 Å². The molecule has 84 valence electrons. The van der Waals surface area contributed by atoms with E-state index >= 15 is 0 Å². The number of fused-ring (bicyclic) bond motifs is 2. The van der Waals surface area contributed by atoms with Gasteiger partial charge in [-0.05, 0) is 18.4 Å². The van der Waals surface area contributed by atoms with E-state index in [4.69, 9.17) is 0 Å². The zero-order valence-corrected chi connectivity index (χ0v) is 8.97. The summed E-state index contributed by atoms with van der Waals surface area (Å²) in [4.78, 5) is 13.6. The lowest BCUT2D eigenvalue weighted by Gasteiger charge is -2.29. The van der Waals surface area contributed by atoms with Gasteiger partial charge in [-0.3, -0.25) is 4.79 Å². The first kappa shape index (κ1) is 9.82. The van der Waals surface area contributed by atoms with E-state index in [2.05, 4.69) is 0 Å². The van der Waals surface area contributed by atoms with Crippen LogP contribution >= 0.6 is 0 Å². The summed E-state index contributed by atoms with van der Waals surface area (Å²) < 4.78 is 13.6. The number of likely N-dealkylation sites (tertiary alicyclic amines) is 1. The van der Waals surface area contributed by atoms with Crippen LogP contribution in [0.25, 0.3) is 0 Å². The van der Waals surface area contributed by atoms with Gasteiger partial charge in [-0.15, -0.1) is 0 Å². The SMILES string of the molecule is O=C1[C@@H]2C[C@@H](F)[C@@H](C2)N1Cc1ccccc1. The van der Waals surface area contributed by atoms with Crippen LogP contribution in [0.1, 0.15) is 18.4 Å². The number of piperidine rings is 1. The lowest BCUT2D eigenvalue weighted by Crippen LogP contribution is -2.42. The summed E-state index contributed by atoms with van der Waals surface area (Å²) in [6, 6.07) is 9.62. The van der Waals surface area contributed by atoms with Gasteiger partial charge >= 0.3 is 0 Å². The van der Waals surface area contributed by atoms with E-state index in [0.29, 0.717) is 19.4 Å². The highest BCUT2D eigenvalue weighted by Crippen LogP contribution is 2.41. The minimum atomic E-state index is -0.814. The molecule has 0 N–H and O–H groups in total. The lowest BCUT2D eigenvalue weighted by molar-refractivity contribution is -0.136. The maximum atomic E-state index is 13.6. The van der Waals surface area contributed by atoms with Gasteiger partial charge in [0.25, 0.3) is 0 Å². The van der Waals surface area contributed by atoms with Crippen molar-refractivity contribution in [2.24, 2.45) is 5.92 Å². The molecule has 1 amide bonds. The number of hydrogen-bond acceptors (Lipinski definition) is 1. The third kappa shape index (κ3) is 1.42. The molecule has 2 aliphatic rings. The summed E-state index contributed by atoms with van der Waals surface area (Å²) in [5, 5.41) is 0. The van der Waals surface area contributed by atoms with E-state index in [1.807, 2.05) is 30.3 Å². The summed E-state index contributed by atoms with van der Waals surface area (Å²) in [6.45, 7) is 0.557. The highest BCUT2D eigenvalue weighted by atomic mass is 19.1. The summed E-state index contributed by atoms with van der Waals surface area (Å²) in [5.41, 5.74) is 1.08. The number of alkyl halides is 1. The van der Waals surface area contributed by atoms with Gasteiger partial charge in [0.15, 0.2) is 0 Å². The van der Waals surface area contributed by atoms with Gasteiger partial charge < -0.3 is 4.90 Å². The summed E-state index contributed by atoms with van der Waals surface area (Å²) in [5.74, 6) is 0.0893. The lowest BCUT2D eigenvalue weighted by atomic mass is 10.1. The molecule has 3 rings (SSSR count). The van der Waals surface area contributed by atoms with Crippen molar-refractivity contribution >= 4 is 5.91 Å². The fourth-order valence-corrected chi connectivity index (χ4v) is 2.86. The third-order valence-corrected chi connectivity index (χ3v) is 3.68. The normalized spacial score (nSPS) is 32.4. The molecule has 3 heteroatoms. The van der Waals surface area contributed by atoms with E-state index < -0.39 is 6.17 Å². The molecule has 1 saturated carbocycles. The molecule has 0 aromatic heterocycles. The molecule has 3 atom stereocenters. The third-order valence-electron chi connectivity index (χ3n) is 3.68. The van der Waals surface area contributed by atoms with Crippen LogP contribution in [-0.2, 0) is 11.3 Å². The minimum absolute atomic E-state index is 0.0521. The molecule has 0 unspecified atom stereocenters. The molecule has 2 bridgehead atoms. The Balaban J connectivity index is 1.79. The van der Waals surface area contributed by atoms with Crippen LogP contribution in [0, 0.1) is 5.92 Å². The smallest absolute Gasteiger partial charge is 0.226 e. The predicted octanol–water partition coefficient (Wildman–Crippen LogP) is 2.15. The Morgan fingerprint density at radius 3 is 2.69 bits per heavy atom. The molecule has 2 fully saturated rings. The molecule has 0 radical (unpaired) electrons. The van der Waals surface area contributed by atoms with E-state index in [1.54, 1.807) is 4.90 Å². The zero-order chi connectivity index (χ0) is 11.1. The van der Waals surface area contributed by atoms with Gasteiger partial charge in [-0.25, -0.2) is 4.39 Å². The molecule has 1 saturated heterocycles. The fraction of sp³-hybridized carbons (Fsp3) is 0.462. The standard InChI is InChI=1S/C13H14FNO/c14-11-6-10-7-12(11)15(13(10)16)8-9-4-2-1-3-5-9/h1-5,10-12H,6-8H2/t10-,11-,12-/m1/s1. The number of hydrogen-bond donors (Lipinski definition) is 0. The molecule has 1 aliphatic heterocycles. The molecule has 1 heterocycles. The van der Waals surface area contributed by atoms with Gasteiger partial charge in [0.2, 0.25) is 5.91 Å². The second-order valence-electron chi connectivity index (χ2n) is 4.70. The molecular weight excluding hydrogens is 205 g/mol. The Hall–Kier alpha value is -1.38. The van der Waals surface area contributed by atoms with Crippen molar-refractivity contribution in [2.75, 3.05) is 0 Å². The van der Waals surface area contributed by atoms with Crippen LogP contribution in [0.3, 0.4) is 0 Å². The summed E-state index contributed by atoms with van der Waals surface area (Å²) in [7, 11) is 0. The molecule has 1 aromatic carbocycles. The molecule has 1 aliphatic carbocycles. The Kier molecular flexibility index (Phi) is 2.20. The van der Waals surface area contributed by atoms with Crippen molar-refractivity contribution in [3.63, 3.8) is 0 Å². The number of carbonyl (C=O) groups excluding carboxylic acids is 1. The molecule has 0 spiro atoms. The topological polar surface area (TPSA) is 20.3 Å². The van der Waals surface area contributed by atoms with Crippen LogP contribution in [0.5, 0.6) is 0 Å². The fourth-order valence-electron chi connectivity index (χ4n) is 2.86. The largest absolute Gasteiger partial charge is 0.332 e. The van der Waals surface area contributed by atoms with Crippen molar-refractivity contribution in [3.8, 4) is 0 Å². The van der Waals surface area contributed by atoms with Crippen LogP contribution in [0.2, 0.25) is 0 Å². The van der Waals surface area contributed by atoms with Gasteiger partial charge in [0.1, 0.15) is 6.17 Å². The molecule has 2 nitrogen and oxygen atoms in total. The second kappa shape index (κ2) is 3.58. The van der Waals surface area contributed by atoms with E-state index in [9.17, 15) is 9.18 Å².